The third-order valence-corrected chi connectivity index (χ3v) is 13.9. The van der Waals surface area contributed by atoms with Gasteiger partial charge in [-0.3, -0.25) is 9.59 Å². The van der Waals surface area contributed by atoms with Crippen LogP contribution in [0.1, 0.15) is 81.1 Å². The van der Waals surface area contributed by atoms with Crippen molar-refractivity contribution in [1.82, 2.24) is 4.90 Å². The molecular formula is C49H81NO23. The number of carboxylic acids is 2. The van der Waals surface area contributed by atoms with E-state index < -0.39 is 164 Å². The van der Waals surface area contributed by atoms with Crippen molar-refractivity contribution in [1.29, 1.82) is 0 Å². The van der Waals surface area contributed by atoms with Crippen LogP contribution < -0.4 is 0 Å². The van der Waals surface area contributed by atoms with E-state index in [2.05, 4.69) is 0 Å². The third-order valence-electron chi connectivity index (χ3n) is 13.9. The zero-order valence-corrected chi connectivity index (χ0v) is 43.7. The summed E-state index contributed by atoms with van der Waals surface area (Å²) in [7, 11) is 6.40. The van der Waals surface area contributed by atoms with Gasteiger partial charge in [-0.1, -0.05) is 38.5 Å². The highest BCUT2D eigenvalue weighted by atomic mass is 16.7. The molecule has 73 heavy (non-hydrogen) atoms. The smallest absolute Gasteiger partial charge is 0.335 e. The van der Waals surface area contributed by atoms with Crippen molar-refractivity contribution < 1.29 is 113 Å². The molecule has 0 aliphatic carbocycles. The third kappa shape index (κ3) is 17.0. The van der Waals surface area contributed by atoms with E-state index in [1.54, 1.807) is 66.6 Å². The molecule has 3 saturated heterocycles. The minimum Gasteiger partial charge on any atom is -0.479 e. The number of aldehydes is 1. The molecule has 9 N–H and O–H groups in total. The highest BCUT2D eigenvalue weighted by Gasteiger charge is 2.52. The Bertz CT molecular complexity index is 1830. The number of ether oxygens (including phenoxy) is 9. The lowest BCUT2D eigenvalue weighted by Crippen LogP contribution is -2.65. The van der Waals surface area contributed by atoms with Crippen LogP contribution in [0.15, 0.2) is 23.8 Å². The first-order valence-electron chi connectivity index (χ1n) is 24.5. The number of rotatable bonds is 15. The summed E-state index contributed by atoms with van der Waals surface area (Å²) in [6.45, 7) is 13.5. The highest BCUT2D eigenvalue weighted by Crippen LogP contribution is 2.37. The first-order chi connectivity index (χ1) is 34.0. The summed E-state index contributed by atoms with van der Waals surface area (Å²) in [4.78, 5) is 61.5. The molecule has 0 radical (unpaired) electrons. The Hall–Kier alpha value is -3.41. The van der Waals surface area contributed by atoms with E-state index in [4.69, 9.17) is 63.1 Å². The van der Waals surface area contributed by atoms with Crippen molar-refractivity contribution in [3.8, 4) is 0 Å². The molecule has 4 heterocycles. The second kappa shape index (κ2) is 28.6. The van der Waals surface area contributed by atoms with Gasteiger partial charge in [0, 0.05) is 44.3 Å². The van der Waals surface area contributed by atoms with Crippen LogP contribution in [-0.4, -0.2) is 232 Å². The average molecular weight is 1050 g/mol. The van der Waals surface area contributed by atoms with E-state index in [1.807, 2.05) is 13.0 Å². The van der Waals surface area contributed by atoms with Crippen molar-refractivity contribution in [2.75, 3.05) is 34.9 Å². The highest BCUT2D eigenvalue weighted by molar-refractivity contribution is 5.92. The van der Waals surface area contributed by atoms with Gasteiger partial charge in [-0.2, -0.15) is 0 Å². The quantitative estimate of drug-likeness (QED) is 0.0725. The zero-order chi connectivity index (χ0) is 55.4. The number of esters is 1. The van der Waals surface area contributed by atoms with E-state index >= 15 is 0 Å². The number of methoxy groups -OCH3 is 2. The summed E-state index contributed by atoms with van der Waals surface area (Å²) in [5.74, 6) is -7.68. The van der Waals surface area contributed by atoms with E-state index in [1.165, 1.54) is 27.2 Å². The Kier molecular flexibility index (Phi) is 25.1. The molecule has 0 bridgehead atoms. The van der Waals surface area contributed by atoms with Crippen molar-refractivity contribution >= 4 is 30.0 Å². The van der Waals surface area contributed by atoms with E-state index in [9.17, 15) is 49.5 Å². The molecule has 24 nitrogen and oxygen atoms in total. The van der Waals surface area contributed by atoms with Crippen LogP contribution in [0.4, 0.5) is 0 Å². The van der Waals surface area contributed by atoms with Crippen LogP contribution >= 0.6 is 0 Å². The minimum absolute atomic E-state index is 0.0117. The van der Waals surface area contributed by atoms with Crippen LogP contribution in [0.25, 0.3) is 0 Å². The summed E-state index contributed by atoms with van der Waals surface area (Å²) in [6, 6.07) is -0.767. The lowest BCUT2D eigenvalue weighted by molar-refractivity contribution is -0.341. The molecular weight excluding hydrogens is 971 g/mol. The van der Waals surface area contributed by atoms with E-state index in [0.717, 1.165) is 0 Å². The van der Waals surface area contributed by atoms with Gasteiger partial charge < -0.3 is 98.3 Å². The number of allylic oxidation sites excluding steroid dienone is 3. The molecule has 0 aromatic heterocycles. The molecule has 420 valence electrons. The molecule has 0 saturated carbocycles. The maximum absolute atomic E-state index is 13.7. The fourth-order valence-corrected chi connectivity index (χ4v) is 9.46. The number of aliphatic hydroxyl groups excluding tert-OH is 6. The molecule has 3 fully saturated rings. The van der Waals surface area contributed by atoms with Gasteiger partial charge in [0.1, 0.15) is 49.0 Å². The fraction of sp³-hybridized carbons (Fsp3) is 0.816. The van der Waals surface area contributed by atoms with E-state index in [-0.39, 0.29) is 25.2 Å². The Balaban J connectivity index is 0.00000126. The lowest BCUT2D eigenvalue weighted by Gasteiger charge is -2.50. The summed E-state index contributed by atoms with van der Waals surface area (Å²) in [5, 5.41) is 88.1. The minimum atomic E-state index is -2.27. The Morgan fingerprint density at radius 1 is 0.836 bits per heavy atom. The fourth-order valence-electron chi connectivity index (χ4n) is 9.46. The van der Waals surface area contributed by atoms with Gasteiger partial charge in [0.05, 0.1) is 55.2 Å². The van der Waals surface area contributed by atoms with Gasteiger partial charge in [0.15, 0.2) is 36.9 Å². The SMILES string of the molecule is CCC1OC(=O)CC(O)C(C)C(OC2OC(C)C(OC3CC(C)(O)C(O)C(C)O3)C(N(C)C)C2O)C(C=O)CC(C)C(=O)C=C/C(C)=C/C1COC1OC(C)C(O)C(OC)C1OC.O=C(O)C(O)C(O)C(=O)O. The van der Waals surface area contributed by atoms with Crippen molar-refractivity contribution in [3.05, 3.63) is 23.8 Å². The molecule has 4 aliphatic heterocycles. The molecule has 24 heteroatoms. The predicted molar refractivity (Wildman–Crippen MR) is 253 cm³/mol. The van der Waals surface area contributed by atoms with Gasteiger partial charge in [-0.05, 0) is 67.6 Å². The first-order valence-corrected chi connectivity index (χ1v) is 24.5. The molecule has 4 rings (SSSR count). The van der Waals surface area contributed by atoms with E-state index in [0.29, 0.717) is 18.3 Å². The largest absolute Gasteiger partial charge is 0.479 e. The normalized spacial score (nSPS) is 41.8. The molecule has 23 atom stereocenters. The number of hydrogen-bond donors (Lipinski definition) is 9. The van der Waals surface area contributed by atoms with Gasteiger partial charge in [-0.25, -0.2) is 9.59 Å². The molecule has 0 aromatic rings. The number of carboxylic acid groups (broad SMARTS) is 2. The van der Waals surface area contributed by atoms with Crippen LogP contribution in [-0.2, 0) is 66.6 Å². The molecule has 0 spiro atoms. The van der Waals surface area contributed by atoms with Gasteiger partial charge in [0.25, 0.3) is 0 Å². The Morgan fingerprint density at radius 3 is 1.95 bits per heavy atom. The van der Waals surface area contributed by atoms with Crippen LogP contribution in [0.3, 0.4) is 0 Å². The summed E-state index contributed by atoms with van der Waals surface area (Å²) in [5.41, 5.74) is -0.826. The molecule has 4 aliphatic rings. The van der Waals surface area contributed by atoms with Gasteiger partial charge in [-0.15, -0.1) is 0 Å². The number of aliphatic hydroxyl groups is 7. The van der Waals surface area contributed by atoms with Crippen molar-refractivity contribution in [2.45, 2.75) is 197 Å². The maximum Gasteiger partial charge on any atom is 0.335 e. The molecule has 0 amide bonds. The van der Waals surface area contributed by atoms with Crippen molar-refractivity contribution in [2.24, 2.45) is 23.7 Å². The van der Waals surface area contributed by atoms with Gasteiger partial charge in [0.2, 0.25) is 0 Å². The summed E-state index contributed by atoms with van der Waals surface area (Å²) in [6.07, 6.45) is -13.6. The predicted octanol–water partition coefficient (Wildman–Crippen LogP) is -0.679. The standard InChI is InChI=1S/C45H75NO17.C4H6O6/c1-13-32-29(21-57-44-41(56-12)40(55-11)36(51)25(5)59-44)16-22(2)14-15-30(48)23(3)17-28(20-47)38(24(4)31(49)18-33(50)61-32)63-43-37(52)35(46(9)10)39(26(6)60-43)62-34-19-45(8,54)42(53)27(7)58-34;5-1(3(7)8)2(6)4(9)10/h14-16,20,23-29,31-32,34-44,49,51-54H,13,17-19,21H2,1-12H3;1-2,5-6H,(H,7,8)(H,9,10)/b15-14?,22-16+;. The average Bonchev–Trinajstić information content (AvgIpc) is 3.32. The van der Waals surface area contributed by atoms with Crippen molar-refractivity contribution in [3.63, 3.8) is 0 Å². The number of carbonyl (C=O) groups is 5. The lowest BCUT2D eigenvalue weighted by atomic mass is 9.81. The first kappa shape index (κ1) is 63.9. The second-order valence-corrected chi connectivity index (χ2v) is 19.9. The number of likely N-dealkylation sites (N-methyl/N-ethyl adjacent to an activating group) is 1. The number of nitrogens with zero attached hydrogens (tertiary/aromatic N) is 1. The summed E-state index contributed by atoms with van der Waals surface area (Å²) < 4.78 is 54.4. The Morgan fingerprint density at radius 2 is 1.42 bits per heavy atom. The maximum atomic E-state index is 13.7. The topological polar surface area (TPSA) is 354 Å². The van der Waals surface area contributed by atoms with Gasteiger partial charge >= 0.3 is 17.9 Å². The van der Waals surface area contributed by atoms with Crippen LogP contribution in [0.5, 0.6) is 0 Å². The molecule has 23 unspecified atom stereocenters. The second-order valence-electron chi connectivity index (χ2n) is 19.9. The number of carbonyl (C=O) groups excluding carboxylic acids is 3. The van der Waals surface area contributed by atoms with Crippen LogP contribution in [0, 0.1) is 23.7 Å². The number of cyclic esters (lactones) is 1. The Labute approximate surface area is 426 Å². The summed E-state index contributed by atoms with van der Waals surface area (Å²) >= 11 is 0. The number of hydrogen-bond acceptors (Lipinski definition) is 22. The number of ketones is 1. The zero-order valence-electron chi connectivity index (χ0n) is 43.7. The number of aliphatic carboxylic acids is 2. The van der Waals surface area contributed by atoms with Crippen LogP contribution in [0.2, 0.25) is 0 Å². The molecule has 0 aromatic carbocycles. The monoisotopic (exact) mass is 1050 g/mol.